The molecular formula is C14H9Cl2F3N4O. The summed E-state index contributed by atoms with van der Waals surface area (Å²) in [5, 5.41) is 12.5. The van der Waals surface area contributed by atoms with Gasteiger partial charge in [0.25, 0.3) is 0 Å². The fourth-order valence-corrected chi connectivity index (χ4v) is 2.45. The number of ether oxygens (including phenoxy) is 1. The zero-order chi connectivity index (χ0) is 17.9. The van der Waals surface area contributed by atoms with E-state index in [1.54, 1.807) is 6.92 Å². The molecule has 126 valence electrons. The average molecular weight is 377 g/mol. The lowest BCUT2D eigenvalue weighted by molar-refractivity contribution is -0.137. The van der Waals surface area contributed by atoms with Crippen LogP contribution in [-0.4, -0.2) is 22.8 Å². The first-order chi connectivity index (χ1) is 11.3. The van der Waals surface area contributed by atoms with Crippen LogP contribution in [0.1, 0.15) is 18.1 Å². The van der Waals surface area contributed by atoms with Gasteiger partial charge in [0.15, 0.2) is 12.2 Å². The van der Waals surface area contributed by atoms with Crippen molar-refractivity contribution in [3.63, 3.8) is 0 Å². The summed E-state index contributed by atoms with van der Waals surface area (Å²) in [7, 11) is 0. The average Bonchev–Trinajstić information content (AvgIpc) is 2.89. The maximum atomic E-state index is 12.8. The molecule has 0 spiro atoms. The van der Waals surface area contributed by atoms with Gasteiger partial charge in [0.05, 0.1) is 28.4 Å². The Morgan fingerprint density at radius 2 is 2.00 bits per heavy atom. The van der Waals surface area contributed by atoms with Crippen LogP contribution in [-0.2, 0) is 10.9 Å². The van der Waals surface area contributed by atoms with Gasteiger partial charge in [-0.1, -0.05) is 23.2 Å². The molecule has 0 amide bonds. The van der Waals surface area contributed by atoms with Crippen molar-refractivity contribution in [3.05, 3.63) is 39.5 Å². The quantitative estimate of drug-likeness (QED) is 0.570. The van der Waals surface area contributed by atoms with Crippen molar-refractivity contribution < 1.29 is 17.9 Å². The maximum absolute atomic E-state index is 12.8. The number of rotatable bonds is 4. The van der Waals surface area contributed by atoms with Crippen LogP contribution in [0.4, 0.5) is 19.0 Å². The molecular weight excluding hydrogens is 368 g/mol. The highest BCUT2D eigenvalue weighted by Crippen LogP contribution is 2.38. The molecule has 0 radical (unpaired) electrons. The molecule has 0 aliphatic rings. The van der Waals surface area contributed by atoms with Crippen molar-refractivity contribution in [2.75, 3.05) is 6.61 Å². The lowest BCUT2D eigenvalue weighted by Crippen LogP contribution is -2.07. The Bertz CT molecular complexity index is 801. The Balaban J connectivity index is 2.61. The Hall–Kier alpha value is -2.24. The highest BCUT2D eigenvalue weighted by molar-refractivity contribution is 6.38. The van der Waals surface area contributed by atoms with Gasteiger partial charge in [0.2, 0.25) is 0 Å². The van der Waals surface area contributed by atoms with Gasteiger partial charge >= 0.3 is 6.18 Å². The third-order valence-electron chi connectivity index (χ3n) is 2.84. The number of nitriles is 1. The molecule has 0 saturated heterocycles. The molecule has 0 unspecified atom stereocenters. The fourth-order valence-electron chi connectivity index (χ4n) is 1.80. The lowest BCUT2D eigenvalue weighted by Gasteiger charge is -2.13. The zero-order valence-corrected chi connectivity index (χ0v) is 13.6. The van der Waals surface area contributed by atoms with Crippen LogP contribution in [0.25, 0.3) is 5.69 Å². The van der Waals surface area contributed by atoms with Crippen LogP contribution in [0.2, 0.25) is 10.0 Å². The smallest absolute Gasteiger partial charge is 0.416 e. The van der Waals surface area contributed by atoms with E-state index in [-0.39, 0.29) is 27.1 Å². The summed E-state index contributed by atoms with van der Waals surface area (Å²) in [5.74, 6) is 0.0366. The molecule has 2 rings (SSSR count). The minimum absolute atomic E-state index is 0.0171. The monoisotopic (exact) mass is 376 g/mol. The molecule has 0 bridgehead atoms. The normalized spacial score (nSPS) is 11.7. The second-order valence-electron chi connectivity index (χ2n) is 4.38. The van der Waals surface area contributed by atoms with Gasteiger partial charge in [-0.15, -0.1) is 0 Å². The molecule has 0 fully saturated rings. The molecule has 0 saturated carbocycles. The number of hydrogen-bond acceptors (Lipinski definition) is 4. The summed E-state index contributed by atoms with van der Waals surface area (Å²) in [6.45, 7) is 2.08. The molecule has 0 atom stereocenters. The highest BCUT2D eigenvalue weighted by atomic mass is 35.5. The van der Waals surface area contributed by atoms with Crippen LogP contribution in [0.3, 0.4) is 0 Å². The van der Waals surface area contributed by atoms with E-state index in [1.807, 2.05) is 6.07 Å². The highest BCUT2D eigenvalue weighted by Gasteiger charge is 2.32. The summed E-state index contributed by atoms with van der Waals surface area (Å²) in [6, 6.07) is 3.33. The molecule has 2 aromatic rings. The van der Waals surface area contributed by atoms with Crippen molar-refractivity contribution in [2.45, 2.75) is 13.1 Å². The first-order valence-electron chi connectivity index (χ1n) is 6.48. The summed E-state index contributed by atoms with van der Waals surface area (Å²) in [4.78, 5) is 3.95. The van der Waals surface area contributed by atoms with E-state index < -0.39 is 11.7 Å². The van der Waals surface area contributed by atoms with Crippen molar-refractivity contribution in [3.8, 4) is 11.8 Å². The van der Waals surface area contributed by atoms with Gasteiger partial charge in [-0.25, -0.2) is 4.68 Å². The van der Waals surface area contributed by atoms with Crippen molar-refractivity contribution in [1.82, 2.24) is 9.78 Å². The predicted octanol–water partition coefficient (Wildman–Crippen LogP) is 4.77. The minimum Gasteiger partial charge on any atom is -0.483 e. The number of hydrogen-bond donors (Lipinski definition) is 0. The van der Waals surface area contributed by atoms with Crippen LogP contribution >= 0.6 is 23.2 Å². The van der Waals surface area contributed by atoms with E-state index in [0.717, 1.165) is 23.2 Å². The topological polar surface area (TPSA) is 63.2 Å². The molecule has 0 N–H and O–H groups in total. The van der Waals surface area contributed by atoms with Gasteiger partial charge in [-0.2, -0.15) is 28.5 Å². The lowest BCUT2D eigenvalue weighted by atomic mass is 10.2. The second-order valence-corrected chi connectivity index (χ2v) is 5.20. The van der Waals surface area contributed by atoms with Gasteiger partial charge in [-0.05, 0) is 19.1 Å². The summed E-state index contributed by atoms with van der Waals surface area (Å²) >= 11 is 11.9. The van der Waals surface area contributed by atoms with Crippen molar-refractivity contribution in [1.29, 1.82) is 5.26 Å². The van der Waals surface area contributed by atoms with E-state index in [1.165, 1.54) is 6.20 Å². The summed E-state index contributed by atoms with van der Waals surface area (Å²) < 4.78 is 44.5. The number of aromatic nitrogens is 2. The third kappa shape index (κ3) is 3.63. The van der Waals surface area contributed by atoms with Crippen LogP contribution in [0, 0.1) is 11.3 Å². The van der Waals surface area contributed by atoms with E-state index >= 15 is 0 Å². The van der Waals surface area contributed by atoms with Crippen LogP contribution < -0.4 is 0 Å². The largest absolute Gasteiger partial charge is 0.483 e. The van der Waals surface area contributed by atoms with Crippen LogP contribution in [0.5, 0.6) is 0 Å². The SMILES string of the molecule is CCOC=Nc1c(C#N)cnn1-c1c(Cl)cc(C(F)(F)F)cc1Cl. The van der Waals surface area contributed by atoms with Gasteiger partial charge in [0, 0.05) is 0 Å². The first kappa shape index (κ1) is 18.1. The molecule has 1 aromatic carbocycles. The Kier molecular flexibility index (Phi) is 5.36. The number of halogens is 5. The molecule has 10 heteroatoms. The van der Waals surface area contributed by atoms with Gasteiger partial charge < -0.3 is 4.74 Å². The van der Waals surface area contributed by atoms with Gasteiger partial charge in [0.1, 0.15) is 17.3 Å². The Morgan fingerprint density at radius 3 is 2.50 bits per heavy atom. The Morgan fingerprint density at radius 1 is 1.38 bits per heavy atom. The molecule has 1 heterocycles. The molecule has 5 nitrogen and oxygen atoms in total. The summed E-state index contributed by atoms with van der Waals surface area (Å²) in [5.41, 5.74) is -0.928. The van der Waals surface area contributed by atoms with E-state index in [4.69, 9.17) is 33.2 Å². The van der Waals surface area contributed by atoms with Crippen LogP contribution in [0.15, 0.2) is 23.3 Å². The maximum Gasteiger partial charge on any atom is 0.416 e. The number of nitrogens with zero attached hydrogens (tertiary/aromatic N) is 4. The minimum atomic E-state index is -4.59. The number of alkyl halides is 3. The number of benzene rings is 1. The fraction of sp³-hybridized carbons (Fsp3) is 0.214. The Labute approximate surface area is 144 Å². The zero-order valence-electron chi connectivity index (χ0n) is 12.1. The second kappa shape index (κ2) is 7.11. The van der Waals surface area contributed by atoms with E-state index in [0.29, 0.717) is 6.61 Å². The van der Waals surface area contributed by atoms with Gasteiger partial charge in [-0.3, -0.25) is 0 Å². The molecule has 0 aliphatic heterocycles. The van der Waals surface area contributed by atoms with E-state index in [2.05, 4.69) is 10.1 Å². The molecule has 0 aliphatic carbocycles. The van der Waals surface area contributed by atoms with Crippen molar-refractivity contribution >= 4 is 35.4 Å². The van der Waals surface area contributed by atoms with E-state index in [9.17, 15) is 13.2 Å². The molecule has 24 heavy (non-hydrogen) atoms. The number of aliphatic imine (C=N–C) groups is 1. The summed E-state index contributed by atoms with van der Waals surface area (Å²) in [6.07, 6.45) is -2.30. The standard InChI is InChI=1S/C14H9Cl2F3N4O/c1-2-24-7-21-13-8(5-20)6-22-23(13)12-10(15)3-9(4-11(12)16)14(17,18)19/h3-4,6-7H,2H2,1H3. The van der Waals surface area contributed by atoms with Crippen molar-refractivity contribution in [2.24, 2.45) is 4.99 Å². The molecule has 1 aromatic heterocycles. The first-order valence-corrected chi connectivity index (χ1v) is 7.24. The predicted molar refractivity (Wildman–Crippen MR) is 83.1 cm³/mol. The third-order valence-corrected chi connectivity index (χ3v) is 3.41.